The van der Waals surface area contributed by atoms with Crippen LogP contribution < -0.4 is 10.2 Å². The molecule has 136 valence electrons. The number of anilines is 1. The molecule has 2 aromatic carbocycles. The fraction of sp³-hybridized carbons (Fsp3) is 0.263. The van der Waals surface area contributed by atoms with E-state index in [9.17, 15) is 14.7 Å². The Balaban J connectivity index is 1.71. The van der Waals surface area contributed by atoms with Gasteiger partial charge in [-0.05, 0) is 42.0 Å². The van der Waals surface area contributed by atoms with Crippen LogP contribution in [0.4, 0.5) is 5.69 Å². The van der Waals surface area contributed by atoms with Crippen molar-refractivity contribution in [2.24, 2.45) is 0 Å². The van der Waals surface area contributed by atoms with E-state index in [1.165, 1.54) is 0 Å². The van der Waals surface area contributed by atoms with Crippen molar-refractivity contribution in [3.63, 3.8) is 0 Å². The van der Waals surface area contributed by atoms with Crippen LogP contribution in [0, 0.1) is 0 Å². The van der Waals surface area contributed by atoms with E-state index in [0.29, 0.717) is 29.4 Å². The molecule has 1 heterocycles. The number of amides is 1. The molecular formula is C19H19ClN2O4. The first-order chi connectivity index (χ1) is 12.5. The van der Waals surface area contributed by atoms with Crippen LogP contribution in [0.2, 0.25) is 5.02 Å². The fourth-order valence-electron chi connectivity index (χ4n) is 2.80. The molecule has 0 bridgehead atoms. The summed E-state index contributed by atoms with van der Waals surface area (Å²) in [5, 5.41) is 12.5. The number of ether oxygens (including phenoxy) is 1. The van der Waals surface area contributed by atoms with E-state index in [-0.39, 0.29) is 0 Å². The van der Waals surface area contributed by atoms with Crippen molar-refractivity contribution < 1.29 is 19.4 Å². The van der Waals surface area contributed by atoms with Crippen LogP contribution in [0.3, 0.4) is 0 Å². The first-order valence-electron chi connectivity index (χ1n) is 8.26. The molecule has 1 aliphatic rings. The second-order valence-corrected chi connectivity index (χ2v) is 6.38. The van der Waals surface area contributed by atoms with Gasteiger partial charge in [0, 0.05) is 29.4 Å². The number of aliphatic carboxylic acids is 1. The van der Waals surface area contributed by atoms with E-state index < -0.39 is 17.9 Å². The molecular weight excluding hydrogens is 356 g/mol. The number of carbonyl (C=O) groups is 2. The van der Waals surface area contributed by atoms with Crippen molar-refractivity contribution in [3.8, 4) is 0 Å². The highest BCUT2D eigenvalue weighted by Gasteiger charge is 2.23. The third-order valence-corrected chi connectivity index (χ3v) is 4.48. The molecule has 1 saturated heterocycles. The summed E-state index contributed by atoms with van der Waals surface area (Å²) < 4.78 is 5.33. The Kier molecular flexibility index (Phi) is 5.75. The molecule has 0 spiro atoms. The zero-order valence-electron chi connectivity index (χ0n) is 14.0. The lowest BCUT2D eigenvalue weighted by Gasteiger charge is -2.28. The molecule has 6 nitrogen and oxygen atoms in total. The summed E-state index contributed by atoms with van der Waals surface area (Å²) in [6, 6.07) is 12.3. The van der Waals surface area contributed by atoms with Crippen molar-refractivity contribution in [2.45, 2.75) is 6.04 Å². The van der Waals surface area contributed by atoms with Gasteiger partial charge in [-0.3, -0.25) is 4.79 Å². The second-order valence-electron chi connectivity index (χ2n) is 5.94. The second kappa shape index (κ2) is 8.21. The van der Waals surface area contributed by atoms with E-state index in [4.69, 9.17) is 16.3 Å². The zero-order chi connectivity index (χ0) is 18.5. The van der Waals surface area contributed by atoms with E-state index in [1.807, 2.05) is 12.1 Å². The number of hydrogen-bond acceptors (Lipinski definition) is 4. The first-order valence-corrected chi connectivity index (χ1v) is 8.64. The summed E-state index contributed by atoms with van der Waals surface area (Å²) in [6.07, 6.45) is 0. The van der Waals surface area contributed by atoms with Crippen LogP contribution in [0.25, 0.3) is 0 Å². The highest BCUT2D eigenvalue weighted by atomic mass is 35.5. The predicted molar refractivity (Wildman–Crippen MR) is 98.8 cm³/mol. The molecule has 0 radical (unpaired) electrons. The first kappa shape index (κ1) is 18.2. The largest absolute Gasteiger partial charge is 0.479 e. The van der Waals surface area contributed by atoms with E-state index >= 15 is 0 Å². The van der Waals surface area contributed by atoms with Gasteiger partial charge in [-0.25, -0.2) is 4.79 Å². The maximum atomic E-state index is 12.5. The topological polar surface area (TPSA) is 78.9 Å². The van der Waals surface area contributed by atoms with Crippen molar-refractivity contribution in [3.05, 3.63) is 64.7 Å². The van der Waals surface area contributed by atoms with Crippen LogP contribution in [-0.4, -0.2) is 43.3 Å². The van der Waals surface area contributed by atoms with E-state index in [0.717, 1.165) is 18.8 Å². The number of rotatable bonds is 5. The molecule has 0 saturated carbocycles. The van der Waals surface area contributed by atoms with Crippen LogP contribution >= 0.6 is 11.6 Å². The lowest BCUT2D eigenvalue weighted by atomic mass is 10.1. The molecule has 2 aromatic rings. The lowest BCUT2D eigenvalue weighted by Crippen LogP contribution is -2.36. The highest BCUT2D eigenvalue weighted by Crippen LogP contribution is 2.19. The van der Waals surface area contributed by atoms with Gasteiger partial charge in [-0.1, -0.05) is 23.7 Å². The van der Waals surface area contributed by atoms with Gasteiger partial charge >= 0.3 is 5.97 Å². The van der Waals surface area contributed by atoms with Gasteiger partial charge < -0.3 is 20.1 Å². The summed E-state index contributed by atoms with van der Waals surface area (Å²) >= 11 is 5.83. The summed E-state index contributed by atoms with van der Waals surface area (Å²) in [6.45, 7) is 2.99. The normalized spacial score (nSPS) is 15.3. The van der Waals surface area contributed by atoms with Crippen molar-refractivity contribution >= 4 is 29.2 Å². The molecule has 1 amide bonds. The van der Waals surface area contributed by atoms with E-state index in [1.54, 1.807) is 36.4 Å². The number of hydrogen-bond donors (Lipinski definition) is 2. The third-order valence-electron chi connectivity index (χ3n) is 4.23. The molecule has 1 fully saturated rings. The Morgan fingerprint density at radius 1 is 1.04 bits per heavy atom. The van der Waals surface area contributed by atoms with E-state index in [2.05, 4.69) is 10.2 Å². The number of carboxylic acid groups (broad SMARTS) is 1. The predicted octanol–water partition coefficient (Wildman–Crippen LogP) is 2.73. The fourth-order valence-corrected chi connectivity index (χ4v) is 2.93. The van der Waals surface area contributed by atoms with Gasteiger partial charge in [0.1, 0.15) is 0 Å². The maximum absolute atomic E-state index is 12.5. The summed E-state index contributed by atoms with van der Waals surface area (Å²) in [5.41, 5.74) is 1.87. The minimum absolute atomic E-state index is 0.405. The van der Waals surface area contributed by atoms with Crippen molar-refractivity contribution in [1.29, 1.82) is 0 Å². The van der Waals surface area contributed by atoms with Gasteiger partial charge in [0.15, 0.2) is 6.04 Å². The maximum Gasteiger partial charge on any atom is 0.330 e. The Morgan fingerprint density at radius 3 is 2.23 bits per heavy atom. The molecule has 26 heavy (non-hydrogen) atoms. The Hall–Kier alpha value is -2.57. The zero-order valence-corrected chi connectivity index (χ0v) is 14.8. The molecule has 1 atom stereocenters. The Bertz CT molecular complexity index is 771. The van der Waals surface area contributed by atoms with Gasteiger partial charge in [0.25, 0.3) is 5.91 Å². The lowest BCUT2D eigenvalue weighted by molar-refractivity contribution is -0.139. The standard InChI is InChI=1S/C19H19ClN2O4/c20-15-5-1-13(2-6-15)17(19(24)25)21-18(23)14-3-7-16(8-4-14)22-9-11-26-12-10-22/h1-8,17H,9-12H2,(H,21,23)(H,24,25). The Labute approximate surface area is 156 Å². The number of carbonyl (C=O) groups excluding carboxylic acids is 1. The molecule has 0 aliphatic carbocycles. The number of morpholine rings is 1. The average molecular weight is 375 g/mol. The minimum atomic E-state index is -1.14. The molecule has 0 aromatic heterocycles. The number of benzene rings is 2. The van der Waals surface area contributed by atoms with Crippen LogP contribution in [0.5, 0.6) is 0 Å². The number of nitrogens with zero attached hydrogens (tertiary/aromatic N) is 1. The molecule has 3 rings (SSSR count). The highest BCUT2D eigenvalue weighted by molar-refractivity contribution is 6.30. The van der Waals surface area contributed by atoms with Crippen LogP contribution in [-0.2, 0) is 9.53 Å². The quantitative estimate of drug-likeness (QED) is 0.841. The van der Waals surface area contributed by atoms with Gasteiger partial charge in [-0.2, -0.15) is 0 Å². The monoisotopic (exact) mass is 374 g/mol. The van der Waals surface area contributed by atoms with Crippen LogP contribution in [0.15, 0.2) is 48.5 Å². The van der Waals surface area contributed by atoms with Gasteiger partial charge in [0.2, 0.25) is 0 Å². The number of nitrogens with one attached hydrogen (secondary N) is 1. The molecule has 2 N–H and O–H groups in total. The summed E-state index contributed by atoms with van der Waals surface area (Å²) in [5.74, 6) is -1.58. The number of carboxylic acids is 1. The molecule has 1 unspecified atom stereocenters. The smallest absolute Gasteiger partial charge is 0.330 e. The van der Waals surface area contributed by atoms with Gasteiger partial charge in [-0.15, -0.1) is 0 Å². The molecule has 1 aliphatic heterocycles. The average Bonchev–Trinajstić information content (AvgIpc) is 2.67. The van der Waals surface area contributed by atoms with Crippen molar-refractivity contribution in [2.75, 3.05) is 31.2 Å². The SMILES string of the molecule is O=C(NC(C(=O)O)c1ccc(Cl)cc1)c1ccc(N2CCOCC2)cc1. The van der Waals surface area contributed by atoms with Crippen LogP contribution in [0.1, 0.15) is 22.0 Å². The minimum Gasteiger partial charge on any atom is -0.479 e. The Morgan fingerprint density at radius 2 is 1.65 bits per heavy atom. The van der Waals surface area contributed by atoms with Gasteiger partial charge in [0.05, 0.1) is 13.2 Å². The summed E-state index contributed by atoms with van der Waals surface area (Å²) in [7, 11) is 0. The molecule has 7 heteroatoms. The van der Waals surface area contributed by atoms with Crippen molar-refractivity contribution in [1.82, 2.24) is 5.32 Å². The summed E-state index contributed by atoms with van der Waals surface area (Å²) in [4.78, 5) is 26.2. The number of halogens is 1. The third kappa shape index (κ3) is 4.33.